The van der Waals surface area contributed by atoms with Crippen molar-refractivity contribution in [2.45, 2.75) is 92.9 Å². The molecule has 0 aromatic carbocycles. The molecule has 0 aliphatic carbocycles. The summed E-state index contributed by atoms with van der Waals surface area (Å²) in [7, 11) is 0. The van der Waals surface area contributed by atoms with Crippen molar-refractivity contribution in [2.24, 2.45) is 11.3 Å². The predicted molar refractivity (Wildman–Crippen MR) is 143 cm³/mol. The summed E-state index contributed by atoms with van der Waals surface area (Å²) < 4.78 is 27.2. The number of aromatic nitrogens is 2. The van der Waals surface area contributed by atoms with Crippen molar-refractivity contribution in [3.63, 3.8) is 0 Å². The second kappa shape index (κ2) is 11.3. The Bertz CT molecular complexity index is 1110. The Balaban J connectivity index is 2.14. The third kappa shape index (κ3) is 7.40. The van der Waals surface area contributed by atoms with Crippen LogP contribution in [0.2, 0.25) is 0 Å². The molecule has 2 atom stereocenters. The smallest absolute Gasteiger partial charge is 0.307 e. The number of carbonyl (C=O) groups is 1. The van der Waals surface area contributed by atoms with Crippen LogP contribution in [0.25, 0.3) is 11.1 Å². The molecular weight excluding hydrogens is 473 g/mol. The molecule has 3 rings (SSSR count). The average Bonchev–Trinajstić information content (AvgIpc) is 2.78. The zero-order valence-electron chi connectivity index (χ0n) is 23.5. The van der Waals surface area contributed by atoms with Gasteiger partial charge in [-0.25, -0.2) is 9.37 Å². The van der Waals surface area contributed by atoms with E-state index in [1.807, 2.05) is 34.6 Å². The predicted octanol–water partition coefficient (Wildman–Crippen LogP) is 6.41. The highest BCUT2D eigenvalue weighted by Crippen LogP contribution is 2.43. The minimum Gasteiger partial charge on any atom is -0.481 e. The van der Waals surface area contributed by atoms with Crippen molar-refractivity contribution >= 4 is 11.7 Å². The maximum atomic E-state index is 15.1. The van der Waals surface area contributed by atoms with E-state index in [-0.39, 0.29) is 29.9 Å². The van der Waals surface area contributed by atoms with Gasteiger partial charge in [-0.3, -0.25) is 9.78 Å². The molecule has 0 amide bonds. The van der Waals surface area contributed by atoms with Crippen molar-refractivity contribution in [1.82, 2.24) is 9.97 Å². The zero-order chi connectivity index (χ0) is 27.5. The van der Waals surface area contributed by atoms with Crippen LogP contribution < -0.4 is 9.64 Å². The summed E-state index contributed by atoms with van der Waals surface area (Å²) >= 11 is 0. The molecular formula is C29H42FN3O4. The first-order chi connectivity index (χ1) is 17.2. The number of carboxylic acids is 1. The molecule has 1 N–H and O–H groups in total. The number of aryl methyl sites for hydroxylation is 1. The van der Waals surface area contributed by atoms with Gasteiger partial charge >= 0.3 is 5.97 Å². The first-order valence-electron chi connectivity index (χ1n) is 13.1. The van der Waals surface area contributed by atoms with Crippen molar-refractivity contribution < 1.29 is 23.8 Å². The number of anilines is 1. The van der Waals surface area contributed by atoms with Gasteiger partial charge in [-0.05, 0) is 57.9 Å². The zero-order valence-corrected chi connectivity index (χ0v) is 23.5. The molecule has 7 nitrogen and oxygen atoms in total. The SMILES string of the molecule is CCC(C)COc1ncc(-c2cnc(C)c(CC(=O)O)c2N2CCC(C)(C)CC2OC(C)(C)C)cc1F. The van der Waals surface area contributed by atoms with E-state index in [1.54, 1.807) is 12.4 Å². The number of nitrogens with zero attached hydrogens (tertiary/aromatic N) is 3. The van der Waals surface area contributed by atoms with E-state index < -0.39 is 17.4 Å². The molecule has 1 aliphatic heterocycles. The number of piperidine rings is 1. The van der Waals surface area contributed by atoms with Crippen molar-refractivity contribution in [2.75, 3.05) is 18.1 Å². The van der Waals surface area contributed by atoms with Gasteiger partial charge in [0.1, 0.15) is 6.23 Å². The van der Waals surface area contributed by atoms with E-state index in [0.717, 1.165) is 19.3 Å². The molecule has 8 heteroatoms. The van der Waals surface area contributed by atoms with Gasteiger partial charge in [-0.2, -0.15) is 0 Å². The molecule has 1 fully saturated rings. The second-order valence-corrected chi connectivity index (χ2v) is 12.0. The maximum absolute atomic E-state index is 15.1. The minimum absolute atomic E-state index is 0.0369. The number of hydrogen-bond donors (Lipinski definition) is 1. The second-order valence-electron chi connectivity index (χ2n) is 12.0. The van der Waals surface area contributed by atoms with Crippen LogP contribution in [0.4, 0.5) is 10.1 Å². The third-order valence-corrected chi connectivity index (χ3v) is 6.89. The monoisotopic (exact) mass is 515 g/mol. The topological polar surface area (TPSA) is 84.8 Å². The fourth-order valence-electron chi connectivity index (χ4n) is 4.58. The van der Waals surface area contributed by atoms with Gasteiger partial charge < -0.3 is 19.5 Å². The van der Waals surface area contributed by atoms with Crippen LogP contribution in [-0.4, -0.2) is 46.0 Å². The van der Waals surface area contributed by atoms with E-state index in [1.165, 1.54) is 6.07 Å². The first-order valence-corrected chi connectivity index (χ1v) is 13.1. The lowest BCUT2D eigenvalue weighted by atomic mass is 9.80. The average molecular weight is 516 g/mol. The van der Waals surface area contributed by atoms with Crippen LogP contribution in [-0.2, 0) is 16.0 Å². The largest absolute Gasteiger partial charge is 0.481 e. The lowest BCUT2D eigenvalue weighted by molar-refractivity contribution is -0.136. The number of ether oxygens (including phenoxy) is 2. The van der Waals surface area contributed by atoms with Gasteiger partial charge in [-0.15, -0.1) is 0 Å². The van der Waals surface area contributed by atoms with Crippen LogP contribution in [0.15, 0.2) is 18.5 Å². The van der Waals surface area contributed by atoms with E-state index >= 15 is 4.39 Å². The number of pyridine rings is 2. The van der Waals surface area contributed by atoms with Gasteiger partial charge in [0.25, 0.3) is 0 Å². The van der Waals surface area contributed by atoms with E-state index in [0.29, 0.717) is 41.2 Å². The Hall–Kier alpha value is -2.74. The number of hydrogen-bond acceptors (Lipinski definition) is 6. The molecule has 0 bridgehead atoms. The normalized spacial score (nSPS) is 18.5. The molecule has 0 radical (unpaired) electrons. The summed E-state index contributed by atoms with van der Waals surface area (Å²) in [6.07, 6.45) is 5.37. The Morgan fingerprint density at radius 2 is 2.00 bits per heavy atom. The highest BCUT2D eigenvalue weighted by molar-refractivity contribution is 5.84. The first kappa shape index (κ1) is 28.8. The number of aliphatic carboxylic acids is 1. The minimum atomic E-state index is -0.952. The third-order valence-electron chi connectivity index (χ3n) is 6.89. The van der Waals surface area contributed by atoms with E-state index in [2.05, 4.69) is 35.6 Å². The highest BCUT2D eigenvalue weighted by Gasteiger charge is 2.38. The van der Waals surface area contributed by atoms with E-state index in [4.69, 9.17) is 9.47 Å². The van der Waals surface area contributed by atoms with E-state index in [9.17, 15) is 9.90 Å². The lowest BCUT2D eigenvalue weighted by Crippen LogP contribution is -2.50. The van der Waals surface area contributed by atoms with Crippen LogP contribution >= 0.6 is 0 Å². The fraction of sp³-hybridized carbons (Fsp3) is 0.621. The summed E-state index contributed by atoms with van der Waals surface area (Å²) in [5.41, 5.74) is 2.74. The number of halogens is 1. The highest BCUT2D eigenvalue weighted by atomic mass is 19.1. The molecule has 0 spiro atoms. The van der Waals surface area contributed by atoms with Crippen molar-refractivity contribution in [3.05, 3.63) is 35.5 Å². The summed E-state index contributed by atoms with van der Waals surface area (Å²) in [6.45, 7) is 17.4. The van der Waals surface area contributed by atoms with Crippen LogP contribution in [0.5, 0.6) is 5.88 Å². The lowest BCUT2D eigenvalue weighted by Gasteiger charge is -2.47. The Labute approximate surface area is 220 Å². The van der Waals surface area contributed by atoms with Crippen LogP contribution in [0.3, 0.4) is 0 Å². The van der Waals surface area contributed by atoms with Crippen molar-refractivity contribution in [1.29, 1.82) is 0 Å². The summed E-state index contributed by atoms with van der Waals surface area (Å²) in [5.74, 6) is -1.26. The molecule has 2 unspecified atom stereocenters. The quantitative estimate of drug-likeness (QED) is 0.413. The molecule has 3 heterocycles. The molecule has 2 aromatic heterocycles. The van der Waals surface area contributed by atoms with Gasteiger partial charge in [0.05, 0.1) is 24.3 Å². The summed E-state index contributed by atoms with van der Waals surface area (Å²) in [4.78, 5) is 22.8. The van der Waals surface area contributed by atoms with Gasteiger partial charge in [0.2, 0.25) is 5.88 Å². The fourth-order valence-corrected chi connectivity index (χ4v) is 4.58. The molecule has 37 heavy (non-hydrogen) atoms. The van der Waals surface area contributed by atoms with Gasteiger partial charge in [-0.1, -0.05) is 34.1 Å². The molecule has 2 aromatic rings. The summed E-state index contributed by atoms with van der Waals surface area (Å²) in [6, 6.07) is 1.40. The molecule has 0 saturated carbocycles. The number of rotatable bonds is 9. The Morgan fingerprint density at radius 1 is 1.30 bits per heavy atom. The molecule has 204 valence electrons. The number of carboxylic acid groups (broad SMARTS) is 1. The van der Waals surface area contributed by atoms with Crippen LogP contribution in [0, 0.1) is 24.1 Å². The molecule has 1 saturated heterocycles. The Kier molecular flexibility index (Phi) is 8.83. The Morgan fingerprint density at radius 3 is 2.59 bits per heavy atom. The van der Waals surface area contributed by atoms with Crippen LogP contribution in [0.1, 0.15) is 79.0 Å². The molecule has 1 aliphatic rings. The maximum Gasteiger partial charge on any atom is 0.307 e. The van der Waals surface area contributed by atoms with Gasteiger partial charge in [0.15, 0.2) is 5.82 Å². The standard InChI is InChI=1S/C29H42FN3O4/c1-9-18(2)17-36-27-23(30)12-20(15-32-27)22-16-31-19(3)21(13-25(34)35)26(22)33-11-10-29(7,8)14-24(33)37-28(4,5)6/h12,15-16,18,24H,9-11,13-14,17H2,1-8H3,(H,34,35). The summed E-state index contributed by atoms with van der Waals surface area (Å²) in [5, 5.41) is 9.75. The van der Waals surface area contributed by atoms with Crippen molar-refractivity contribution in [3.8, 4) is 17.0 Å². The van der Waals surface area contributed by atoms with Gasteiger partial charge in [0, 0.05) is 41.3 Å².